The lowest BCUT2D eigenvalue weighted by Crippen LogP contribution is -2.23. The lowest BCUT2D eigenvalue weighted by Gasteiger charge is -2.33. The van der Waals surface area contributed by atoms with Gasteiger partial charge in [0.15, 0.2) is 0 Å². The standard InChI is InChI=1S/C14H15FO2/c1-14(2)6-5-9(7-13(16)17)11-8-10(15)3-4-12(11)14/h3-4,7-8H,5-6H2,1-2H3,(H,16,17)/b9-7+. The van der Waals surface area contributed by atoms with Crippen LogP contribution in [-0.2, 0) is 10.2 Å². The maximum Gasteiger partial charge on any atom is 0.328 e. The highest BCUT2D eigenvalue weighted by Gasteiger charge is 2.30. The van der Waals surface area contributed by atoms with E-state index in [1.807, 2.05) is 0 Å². The number of fused-ring (bicyclic) bond motifs is 1. The van der Waals surface area contributed by atoms with Gasteiger partial charge in [0.25, 0.3) is 0 Å². The van der Waals surface area contributed by atoms with Gasteiger partial charge in [-0.2, -0.15) is 0 Å². The van der Waals surface area contributed by atoms with Gasteiger partial charge in [0.1, 0.15) is 5.82 Å². The van der Waals surface area contributed by atoms with Crippen LogP contribution in [0.2, 0.25) is 0 Å². The van der Waals surface area contributed by atoms with Crippen LogP contribution in [0.5, 0.6) is 0 Å². The Morgan fingerprint density at radius 3 is 2.82 bits per heavy atom. The van der Waals surface area contributed by atoms with Crippen LogP contribution >= 0.6 is 0 Å². The van der Waals surface area contributed by atoms with E-state index in [2.05, 4.69) is 13.8 Å². The molecule has 3 heteroatoms. The number of aliphatic carboxylic acids is 1. The fourth-order valence-electron chi connectivity index (χ4n) is 2.39. The minimum Gasteiger partial charge on any atom is -0.478 e. The molecular formula is C14H15FO2. The number of halogens is 1. The molecule has 0 aliphatic heterocycles. The topological polar surface area (TPSA) is 37.3 Å². The zero-order valence-electron chi connectivity index (χ0n) is 9.96. The highest BCUT2D eigenvalue weighted by atomic mass is 19.1. The number of benzene rings is 1. The largest absolute Gasteiger partial charge is 0.478 e. The van der Waals surface area contributed by atoms with E-state index in [9.17, 15) is 9.18 Å². The summed E-state index contributed by atoms with van der Waals surface area (Å²) in [4.78, 5) is 10.8. The molecule has 0 saturated heterocycles. The summed E-state index contributed by atoms with van der Waals surface area (Å²) in [6, 6.07) is 4.63. The Balaban J connectivity index is 2.61. The third kappa shape index (κ3) is 2.23. The molecule has 2 rings (SSSR count). The molecule has 1 aliphatic carbocycles. The highest BCUT2D eigenvalue weighted by Crippen LogP contribution is 2.42. The van der Waals surface area contributed by atoms with E-state index in [1.165, 1.54) is 18.2 Å². The zero-order valence-corrected chi connectivity index (χ0v) is 9.96. The molecule has 0 fully saturated rings. The molecule has 0 radical (unpaired) electrons. The molecule has 90 valence electrons. The number of carboxylic acid groups (broad SMARTS) is 1. The summed E-state index contributed by atoms with van der Waals surface area (Å²) in [6.45, 7) is 4.20. The molecule has 0 aromatic heterocycles. The van der Waals surface area contributed by atoms with Crippen LogP contribution in [0.3, 0.4) is 0 Å². The number of hydrogen-bond acceptors (Lipinski definition) is 1. The van der Waals surface area contributed by atoms with Crippen molar-refractivity contribution in [1.29, 1.82) is 0 Å². The van der Waals surface area contributed by atoms with Gasteiger partial charge in [0.2, 0.25) is 0 Å². The molecule has 1 N–H and O–H groups in total. The van der Waals surface area contributed by atoms with Crippen LogP contribution in [0.4, 0.5) is 4.39 Å². The van der Waals surface area contributed by atoms with Gasteiger partial charge in [-0.1, -0.05) is 19.9 Å². The number of carbonyl (C=O) groups is 1. The summed E-state index contributed by atoms with van der Waals surface area (Å²) in [6.07, 6.45) is 2.74. The second-order valence-corrected chi connectivity index (χ2v) is 5.08. The predicted molar refractivity (Wildman–Crippen MR) is 64.3 cm³/mol. The third-order valence-electron chi connectivity index (χ3n) is 3.37. The molecule has 2 nitrogen and oxygen atoms in total. The average molecular weight is 234 g/mol. The molecular weight excluding hydrogens is 219 g/mol. The quantitative estimate of drug-likeness (QED) is 0.756. The van der Waals surface area contributed by atoms with Crippen molar-refractivity contribution in [3.8, 4) is 0 Å². The van der Waals surface area contributed by atoms with E-state index < -0.39 is 5.97 Å². The van der Waals surface area contributed by atoms with Gasteiger partial charge in [-0.3, -0.25) is 0 Å². The summed E-state index contributed by atoms with van der Waals surface area (Å²) in [5.41, 5.74) is 2.45. The van der Waals surface area contributed by atoms with E-state index in [4.69, 9.17) is 5.11 Å². The minimum absolute atomic E-state index is 0.0289. The van der Waals surface area contributed by atoms with Crippen molar-refractivity contribution < 1.29 is 14.3 Å². The van der Waals surface area contributed by atoms with Crippen LogP contribution in [0, 0.1) is 5.82 Å². The van der Waals surface area contributed by atoms with Gasteiger partial charge in [-0.15, -0.1) is 0 Å². The van der Waals surface area contributed by atoms with Gasteiger partial charge in [-0.25, -0.2) is 9.18 Å². The van der Waals surface area contributed by atoms with Crippen LogP contribution in [-0.4, -0.2) is 11.1 Å². The monoisotopic (exact) mass is 234 g/mol. The van der Waals surface area contributed by atoms with Crippen LogP contribution in [0.1, 0.15) is 37.8 Å². The van der Waals surface area contributed by atoms with Crippen LogP contribution in [0.25, 0.3) is 5.57 Å². The van der Waals surface area contributed by atoms with Crippen molar-refractivity contribution in [2.45, 2.75) is 32.1 Å². The molecule has 0 unspecified atom stereocenters. The first kappa shape index (κ1) is 11.8. The maximum atomic E-state index is 13.3. The summed E-state index contributed by atoms with van der Waals surface area (Å²) >= 11 is 0. The SMILES string of the molecule is CC1(C)CC/C(=C\C(=O)O)c2cc(F)ccc21. The smallest absolute Gasteiger partial charge is 0.328 e. The Kier molecular flexibility index (Phi) is 2.77. The van der Waals surface area contributed by atoms with Crippen LogP contribution < -0.4 is 0 Å². The summed E-state index contributed by atoms with van der Waals surface area (Å²) < 4.78 is 13.3. The Morgan fingerprint density at radius 2 is 2.18 bits per heavy atom. The summed E-state index contributed by atoms with van der Waals surface area (Å²) in [5, 5.41) is 8.82. The van der Waals surface area contributed by atoms with E-state index >= 15 is 0 Å². The lowest BCUT2D eigenvalue weighted by atomic mass is 9.71. The van der Waals surface area contributed by atoms with Gasteiger partial charge >= 0.3 is 5.97 Å². The van der Waals surface area contributed by atoms with Gasteiger partial charge < -0.3 is 5.11 Å². The van der Waals surface area contributed by atoms with Crippen molar-refractivity contribution in [1.82, 2.24) is 0 Å². The normalized spacial score (nSPS) is 20.1. The predicted octanol–water partition coefficient (Wildman–Crippen LogP) is 3.37. The molecule has 0 saturated carbocycles. The molecule has 0 bridgehead atoms. The maximum absolute atomic E-state index is 13.3. The number of allylic oxidation sites excluding steroid dienone is 1. The van der Waals surface area contributed by atoms with Gasteiger partial charge in [0, 0.05) is 6.08 Å². The van der Waals surface area contributed by atoms with Gasteiger partial charge in [-0.05, 0) is 47.1 Å². The zero-order chi connectivity index (χ0) is 12.6. The lowest BCUT2D eigenvalue weighted by molar-refractivity contribution is -0.131. The second kappa shape index (κ2) is 3.99. The Morgan fingerprint density at radius 1 is 1.47 bits per heavy atom. The van der Waals surface area contributed by atoms with Crippen molar-refractivity contribution in [2.24, 2.45) is 0 Å². The first-order chi connectivity index (χ1) is 7.90. The molecule has 1 aliphatic rings. The Bertz CT molecular complexity index is 501. The fraction of sp³-hybridized carbons (Fsp3) is 0.357. The third-order valence-corrected chi connectivity index (χ3v) is 3.37. The van der Waals surface area contributed by atoms with E-state index in [0.717, 1.165) is 17.5 Å². The van der Waals surface area contributed by atoms with Crippen molar-refractivity contribution in [2.75, 3.05) is 0 Å². The molecule has 1 aromatic rings. The fourth-order valence-corrected chi connectivity index (χ4v) is 2.39. The molecule has 0 spiro atoms. The second-order valence-electron chi connectivity index (χ2n) is 5.08. The first-order valence-electron chi connectivity index (χ1n) is 5.64. The number of hydrogen-bond donors (Lipinski definition) is 1. The molecule has 0 atom stereocenters. The highest BCUT2D eigenvalue weighted by molar-refractivity contribution is 5.91. The molecule has 0 amide bonds. The molecule has 17 heavy (non-hydrogen) atoms. The van der Waals surface area contributed by atoms with E-state index in [1.54, 1.807) is 6.07 Å². The van der Waals surface area contributed by atoms with E-state index in [-0.39, 0.29) is 11.2 Å². The minimum atomic E-state index is -0.977. The molecule has 1 aromatic carbocycles. The summed E-state index contributed by atoms with van der Waals surface area (Å²) in [5.74, 6) is -1.30. The first-order valence-corrected chi connectivity index (χ1v) is 5.64. The van der Waals surface area contributed by atoms with Crippen molar-refractivity contribution in [3.05, 3.63) is 41.2 Å². The van der Waals surface area contributed by atoms with Crippen molar-refractivity contribution in [3.63, 3.8) is 0 Å². The summed E-state index contributed by atoms with van der Waals surface area (Å²) in [7, 11) is 0. The average Bonchev–Trinajstić information content (AvgIpc) is 2.22. The van der Waals surface area contributed by atoms with E-state index in [0.29, 0.717) is 12.0 Å². The number of rotatable bonds is 1. The Hall–Kier alpha value is -1.64. The Labute approximate surface area is 99.8 Å². The van der Waals surface area contributed by atoms with Crippen molar-refractivity contribution >= 4 is 11.5 Å². The number of carboxylic acids is 1. The van der Waals surface area contributed by atoms with Crippen LogP contribution in [0.15, 0.2) is 24.3 Å². The van der Waals surface area contributed by atoms with Gasteiger partial charge in [0.05, 0.1) is 0 Å². The molecule has 0 heterocycles.